The summed E-state index contributed by atoms with van der Waals surface area (Å²) in [4.78, 5) is 22.6. The van der Waals surface area contributed by atoms with E-state index in [9.17, 15) is 22.8 Å². The van der Waals surface area contributed by atoms with Crippen molar-refractivity contribution in [3.8, 4) is 0 Å². The lowest BCUT2D eigenvalue weighted by Gasteiger charge is -2.09. The maximum absolute atomic E-state index is 11.9. The molecule has 0 atom stereocenters. The van der Waals surface area contributed by atoms with Gasteiger partial charge < -0.3 is 9.88 Å². The third-order valence-corrected chi connectivity index (χ3v) is 3.21. The van der Waals surface area contributed by atoms with Crippen LogP contribution in [-0.4, -0.2) is 45.2 Å². The molecule has 3 amide bonds. The molecule has 0 saturated heterocycles. The maximum Gasteiger partial charge on any atom is 0.405 e. The summed E-state index contributed by atoms with van der Waals surface area (Å²) in [5.41, 5.74) is 0. The number of urea groups is 1. The van der Waals surface area contributed by atoms with Crippen LogP contribution in [-0.2, 0) is 11.3 Å². The Morgan fingerprint density at radius 2 is 2.09 bits per heavy atom. The summed E-state index contributed by atoms with van der Waals surface area (Å²) in [7, 11) is 0. The molecule has 0 unspecified atom stereocenters. The van der Waals surface area contributed by atoms with Crippen LogP contribution in [0, 0.1) is 6.92 Å². The molecular weight excluding hydrogens is 323 g/mol. The van der Waals surface area contributed by atoms with Crippen LogP contribution in [0.4, 0.5) is 18.0 Å². The number of alkyl halides is 3. The first kappa shape index (κ1) is 18.0. The monoisotopic (exact) mass is 337 g/mol. The summed E-state index contributed by atoms with van der Waals surface area (Å²) in [6, 6.07) is -1.20. The zero-order valence-electron chi connectivity index (χ0n) is 11.6. The van der Waals surface area contributed by atoms with E-state index >= 15 is 0 Å². The average Bonchev–Trinajstić information content (AvgIpc) is 2.75. The fraction of sp³-hybridized carbons (Fsp3) is 0.455. The lowest BCUT2D eigenvalue weighted by atomic mass is 10.6. The molecule has 7 nitrogen and oxygen atoms in total. The SMILES string of the molecule is C=CCn1c(C)nnc1SCC(=O)NC(=O)NCC(F)(F)F. The van der Waals surface area contributed by atoms with E-state index in [-0.39, 0.29) is 5.75 Å². The Morgan fingerprint density at radius 3 is 2.68 bits per heavy atom. The molecule has 0 aliphatic heterocycles. The highest BCUT2D eigenvalue weighted by molar-refractivity contribution is 7.99. The number of aromatic nitrogens is 3. The van der Waals surface area contributed by atoms with Crippen LogP contribution in [0.1, 0.15) is 5.82 Å². The van der Waals surface area contributed by atoms with Crippen LogP contribution in [0.15, 0.2) is 17.8 Å². The van der Waals surface area contributed by atoms with Crippen LogP contribution in [0.5, 0.6) is 0 Å². The van der Waals surface area contributed by atoms with Crippen molar-refractivity contribution in [3.63, 3.8) is 0 Å². The normalized spacial score (nSPS) is 11.1. The number of hydrogen-bond acceptors (Lipinski definition) is 5. The molecule has 1 aromatic heterocycles. The summed E-state index contributed by atoms with van der Waals surface area (Å²) in [6.45, 7) is 4.26. The molecule has 1 aromatic rings. The van der Waals surface area contributed by atoms with E-state index in [1.165, 1.54) is 5.32 Å². The summed E-state index contributed by atoms with van der Waals surface area (Å²) >= 11 is 1.01. The van der Waals surface area contributed by atoms with Crippen molar-refractivity contribution in [3.05, 3.63) is 18.5 Å². The number of allylic oxidation sites excluding steroid dienone is 1. The van der Waals surface area contributed by atoms with Crippen LogP contribution in [0.3, 0.4) is 0 Å². The quantitative estimate of drug-likeness (QED) is 0.602. The van der Waals surface area contributed by atoms with E-state index in [0.29, 0.717) is 17.5 Å². The van der Waals surface area contributed by atoms with E-state index < -0.39 is 24.7 Å². The third-order valence-electron chi connectivity index (χ3n) is 2.25. The number of nitrogens with one attached hydrogen (secondary N) is 2. The molecule has 1 heterocycles. The van der Waals surface area contributed by atoms with E-state index in [1.54, 1.807) is 22.9 Å². The van der Waals surface area contributed by atoms with Crippen molar-refractivity contribution in [2.75, 3.05) is 12.3 Å². The number of halogens is 3. The molecule has 0 radical (unpaired) electrons. The van der Waals surface area contributed by atoms with Gasteiger partial charge in [0, 0.05) is 6.54 Å². The summed E-state index contributed by atoms with van der Waals surface area (Å²) < 4.78 is 37.4. The lowest BCUT2D eigenvalue weighted by Crippen LogP contribution is -2.43. The van der Waals surface area contributed by atoms with Crippen molar-refractivity contribution in [2.24, 2.45) is 0 Å². The van der Waals surface area contributed by atoms with Crippen molar-refractivity contribution in [1.82, 2.24) is 25.4 Å². The Hall–Kier alpha value is -2.04. The van der Waals surface area contributed by atoms with Crippen LogP contribution in [0.2, 0.25) is 0 Å². The molecule has 0 bridgehead atoms. The molecule has 22 heavy (non-hydrogen) atoms. The highest BCUT2D eigenvalue weighted by Crippen LogP contribution is 2.16. The minimum atomic E-state index is -4.53. The van der Waals surface area contributed by atoms with Crippen molar-refractivity contribution in [1.29, 1.82) is 0 Å². The van der Waals surface area contributed by atoms with Gasteiger partial charge in [-0.1, -0.05) is 17.8 Å². The first-order valence-electron chi connectivity index (χ1n) is 6.01. The number of thioether (sulfide) groups is 1. The minimum Gasteiger partial charge on any atom is -0.329 e. The molecule has 0 aliphatic rings. The number of carbonyl (C=O) groups is 2. The van der Waals surface area contributed by atoms with Gasteiger partial charge in [0.2, 0.25) is 5.91 Å². The van der Waals surface area contributed by atoms with Crippen molar-refractivity contribution < 1.29 is 22.8 Å². The van der Waals surface area contributed by atoms with Gasteiger partial charge >= 0.3 is 12.2 Å². The van der Waals surface area contributed by atoms with E-state index in [4.69, 9.17) is 0 Å². The molecule has 11 heteroatoms. The van der Waals surface area contributed by atoms with Gasteiger partial charge in [0.25, 0.3) is 0 Å². The fourth-order valence-electron chi connectivity index (χ4n) is 1.33. The number of imide groups is 1. The second-order valence-electron chi connectivity index (χ2n) is 4.06. The predicted molar refractivity (Wildman–Crippen MR) is 73.3 cm³/mol. The van der Waals surface area contributed by atoms with Crippen molar-refractivity contribution >= 4 is 23.7 Å². The van der Waals surface area contributed by atoms with Crippen LogP contribution >= 0.6 is 11.8 Å². The molecule has 0 fully saturated rings. The molecule has 122 valence electrons. The van der Waals surface area contributed by atoms with Crippen LogP contribution in [0.25, 0.3) is 0 Å². The molecule has 2 N–H and O–H groups in total. The predicted octanol–water partition coefficient (Wildman–Crippen LogP) is 1.25. The fourth-order valence-corrected chi connectivity index (χ4v) is 2.12. The molecule has 0 aliphatic carbocycles. The van der Waals surface area contributed by atoms with Crippen molar-refractivity contribution in [2.45, 2.75) is 24.8 Å². The first-order chi connectivity index (χ1) is 10.2. The average molecular weight is 337 g/mol. The maximum atomic E-state index is 11.9. The summed E-state index contributed by atoms with van der Waals surface area (Å²) in [5, 5.41) is 11.5. The number of nitrogens with zero attached hydrogens (tertiary/aromatic N) is 3. The summed E-state index contributed by atoms with van der Waals surface area (Å²) in [6.07, 6.45) is -2.90. The van der Waals surface area contributed by atoms with Crippen LogP contribution < -0.4 is 10.6 Å². The Morgan fingerprint density at radius 1 is 1.41 bits per heavy atom. The van der Waals surface area contributed by atoms with Gasteiger partial charge in [0.1, 0.15) is 12.4 Å². The number of amides is 3. The highest BCUT2D eigenvalue weighted by atomic mass is 32.2. The number of aryl methyl sites for hydroxylation is 1. The molecule has 1 rings (SSSR count). The first-order valence-corrected chi connectivity index (χ1v) is 6.99. The van der Waals surface area contributed by atoms with E-state index in [1.807, 2.05) is 0 Å². The second-order valence-corrected chi connectivity index (χ2v) is 5.01. The van der Waals surface area contributed by atoms with Gasteiger partial charge in [0.15, 0.2) is 5.16 Å². The highest BCUT2D eigenvalue weighted by Gasteiger charge is 2.28. The Balaban J connectivity index is 2.43. The van der Waals surface area contributed by atoms with Gasteiger partial charge in [-0.15, -0.1) is 16.8 Å². The lowest BCUT2D eigenvalue weighted by molar-refractivity contribution is -0.124. The second kappa shape index (κ2) is 7.82. The van der Waals surface area contributed by atoms with Gasteiger partial charge in [-0.05, 0) is 6.92 Å². The summed E-state index contributed by atoms with van der Waals surface area (Å²) in [5.74, 6) is -0.296. The minimum absolute atomic E-state index is 0.186. The number of carbonyl (C=O) groups excluding carboxylic acids is 2. The van der Waals surface area contributed by atoms with Gasteiger partial charge in [-0.2, -0.15) is 13.2 Å². The topological polar surface area (TPSA) is 88.9 Å². The Labute approximate surface area is 128 Å². The van der Waals surface area contributed by atoms with E-state index in [0.717, 1.165) is 11.8 Å². The third kappa shape index (κ3) is 6.16. The van der Waals surface area contributed by atoms with E-state index in [2.05, 4.69) is 16.8 Å². The molecular formula is C11H14F3N5O2S. The van der Waals surface area contributed by atoms with Gasteiger partial charge in [-0.25, -0.2) is 4.79 Å². The standard InChI is InChI=1S/C11H14F3N5O2S/c1-3-4-19-7(2)17-18-10(19)22-5-8(20)16-9(21)15-6-11(12,13)14/h3H,1,4-6H2,2H3,(H2,15,16,20,21). The number of rotatable bonds is 6. The molecule has 0 saturated carbocycles. The Bertz CT molecular complexity index is 558. The zero-order valence-corrected chi connectivity index (χ0v) is 12.4. The molecule has 0 aromatic carbocycles. The Kier molecular flexibility index (Phi) is 6.40. The largest absolute Gasteiger partial charge is 0.405 e. The van der Waals surface area contributed by atoms with Gasteiger partial charge in [-0.3, -0.25) is 10.1 Å². The van der Waals surface area contributed by atoms with Gasteiger partial charge in [0.05, 0.1) is 5.75 Å². The number of hydrogen-bond donors (Lipinski definition) is 2. The zero-order chi connectivity index (χ0) is 16.8. The smallest absolute Gasteiger partial charge is 0.329 e. The molecule has 0 spiro atoms.